The number of anilines is 2. The number of aromatic nitrogens is 5. The molecule has 0 radical (unpaired) electrons. The molecule has 0 spiro atoms. The van der Waals surface area contributed by atoms with Crippen molar-refractivity contribution in [1.82, 2.24) is 30.0 Å². The van der Waals surface area contributed by atoms with Crippen LogP contribution >= 0.6 is 0 Å². The summed E-state index contributed by atoms with van der Waals surface area (Å²) in [6.07, 6.45) is 3.30. The monoisotopic (exact) mass is 512 g/mol. The van der Waals surface area contributed by atoms with Gasteiger partial charge in [-0.05, 0) is 31.0 Å². The quantitative estimate of drug-likeness (QED) is 0.198. The van der Waals surface area contributed by atoms with Gasteiger partial charge >= 0.3 is 0 Å². The lowest BCUT2D eigenvalue weighted by Gasteiger charge is -2.07. The van der Waals surface area contributed by atoms with Crippen LogP contribution in [0.2, 0.25) is 0 Å². The zero-order valence-corrected chi connectivity index (χ0v) is 20.8. The molecule has 0 unspecified atom stereocenters. The predicted molar refractivity (Wildman–Crippen MR) is 138 cm³/mol. The fourth-order valence-corrected chi connectivity index (χ4v) is 3.81. The van der Waals surface area contributed by atoms with Crippen molar-refractivity contribution in [3.8, 4) is 11.3 Å². The standard InChI is InChI=1S/C24H32N8O5/c1-34-10-11-36-13-12-35-9-6-19(33)27-7-2-3-8-32-23-20(22(25)28-15-29-23)21(31-32)16-4-5-18-17(14-16)30-24(26)37-18/h4-5,14-15H,2-3,6-13H2,1H3,(H2,26,30)(H,27,33)(H2,25,28,29). The zero-order chi connectivity index (χ0) is 26.0. The number of carbonyl (C=O) groups excluding carboxylic acids is 1. The van der Waals surface area contributed by atoms with E-state index in [9.17, 15) is 4.79 Å². The number of nitrogens with two attached hydrogens (primary N) is 2. The fourth-order valence-electron chi connectivity index (χ4n) is 3.81. The molecule has 13 nitrogen and oxygen atoms in total. The van der Waals surface area contributed by atoms with Crippen molar-refractivity contribution in [1.29, 1.82) is 0 Å². The number of rotatable bonds is 15. The largest absolute Gasteiger partial charge is 0.424 e. The second-order valence-corrected chi connectivity index (χ2v) is 8.29. The van der Waals surface area contributed by atoms with E-state index in [1.807, 2.05) is 16.8 Å². The predicted octanol–water partition coefficient (Wildman–Crippen LogP) is 1.77. The van der Waals surface area contributed by atoms with E-state index in [0.29, 0.717) is 86.2 Å². The van der Waals surface area contributed by atoms with Crippen molar-refractivity contribution >= 4 is 39.9 Å². The fraction of sp³-hybridized carbons (Fsp3) is 0.458. The Kier molecular flexibility index (Phi) is 9.18. The van der Waals surface area contributed by atoms with Crippen molar-refractivity contribution < 1.29 is 23.4 Å². The van der Waals surface area contributed by atoms with Crippen LogP contribution in [0.4, 0.5) is 11.8 Å². The molecule has 0 aliphatic rings. The molecule has 3 heterocycles. The summed E-state index contributed by atoms with van der Waals surface area (Å²) < 4.78 is 22.8. The number of unbranched alkanes of at least 4 members (excludes halogenated alkanes) is 1. The second-order valence-electron chi connectivity index (χ2n) is 8.29. The van der Waals surface area contributed by atoms with E-state index >= 15 is 0 Å². The van der Waals surface area contributed by atoms with Crippen LogP contribution in [-0.4, -0.2) is 77.3 Å². The normalized spacial score (nSPS) is 11.5. The minimum absolute atomic E-state index is 0.0449. The van der Waals surface area contributed by atoms with Crippen molar-refractivity contribution in [2.75, 3.05) is 58.2 Å². The Morgan fingerprint density at radius 3 is 2.73 bits per heavy atom. The third-order valence-corrected chi connectivity index (χ3v) is 5.63. The molecule has 0 atom stereocenters. The first-order chi connectivity index (χ1) is 18.1. The number of nitrogen functional groups attached to an aromatic ring is 2. The Morgan fingerprint density at radius 2 is 1.89 bits per heavy atom. The molecule has 198 valence electrons. The number of nitrogens with one attached hydrogen (secondary N) is 1. The van der Waals surface area contributed by atoms with Gasteiger partial charge in [0.2, 0.25) is 5.91 Å². The number of aryl methyl sites for hydroxylation is 1. The molecule has 1 amide bonds. The first-order valence-electron chi connectivity index (χ1n) is 12.1. The van der Waals surface area contributed by atoms with E-state index in [-0.39, 0.29) is 11.9 Å². The molecule has 1 aromatic carbocycles. The van der Waals surface area contributed by atoms with Crippen LogP contribution in [0.1, 0.15) is 19.3 Å². The number of oxazole rings is 1. The molecule has 5 N–H and O–H groups in total. The lowest BCUT2D eigenvalue weighted by atomic mass is 10.1. The number of nitrogens with zero attached hydrogens (tertiary/aromatic N) is 5. The van der Waals surface area contributed by atoms with Crippen molar-refractivity contribution in [2.24, 2.45) is 0 Å². The number of ether oxygens (including phenoxy) is 3. The summed E-state index contributed by atoms with van der Waals surface area (Å²) in [4.78, 5) is 24.8. The third-order valence-electron chi connectivity index (χ3n) is 5.63. The van der Waals surface area contributed by atoms with Crippen molar-refractivity contribution in [3.05, 3.63) is 24.5 Å². The Balaban J connectivity index is 1.26. The number of hydrogen-bond donors (Lipinski definition) is 3. The summed E-state index contributed by atoms with van der Waals surface area (Å²) in [5, 5.41) is 8.36. The Morgan fingerprint density at radius 1 is 1.08 bits per heavy atom. The zero-order valence-electron chi connectivity index (χ0n) is 20.8. The van der Waals surface area contributed by atoms with Gasteiger partial charge in [-0.15, -0.1) is 0 Å². The molecule has 0 bridgehead atoms. The van der Waals surface area contributed by atoms with Crippen LogP contribution in [0.5, 0.6) is 0 Å². The van der Waals surface area contributed by atoms with Gasteiger partial charge in [-0.1, -0.05) is 0 Å². The number of amides is 1. The summed E-state index contributed by atoms with van der Waals surface area (Å²) >= 11 is 0. The Bertz CT molecular complexity index is 1320. The topological polar surface area (TPSA) is 178 Å². The molecule has 13 heteroatoms. The van der Waals surface area contributed by atoms with E-state index in [1.54, 1.807) is 13.2 Å². The van der Waals surface area contributed by atoms with E-state index in [4.69, 9.17) is 35.2 Å². The van der Waals surface area contributed by atoms with Gasteiger partial charge in [0.25, 0.3) is 6.01 Å². The van der Waals surface area contributed by atoms with Gasteiger partial charge in [0.1, 0.15) is 23.4 Å². The van der Waals surface area contributed by atoms with Crippen LogP contribution in [0.3, 0.4) is 0 Å². The van der Waals surface area contributed by atoms with Gasteiger partial charge < -0.3 is 35.4 Å². The van der Waals surface area contributed by atoms with Gasteiger partial charge in [0, 0.05) is 32.2 Å². The Labute approximate surface area is 213 Å². The second kappa shape index (κ2) is 12.9. The van der Waals surface area contributed by atoms with Gasteiger partial charge in [-0.3, -0.25) is 4.79 Å². The maximum absolute atomic E-state index is 12.0. The number of carbonyl (C=O) groups is 1. The lowest BCUT2D eigenvalue weighted by molar-refractivity contribution is -0.122. The summed E-state index contributed by atoms with van der Waals surface area (Å²) in [6.45, 7) is 3.54. The average Bonchev–Trinajstić information content (AvgIpc) is 3.45. The molecule has 4 rings (SSSR count). The summed E-state index contributed by atoms with van der Waals surface area (Å²) in [6, 6.07) is 5.62. The highest BCUT2D eigenvalue weighted by molar-refractivity contribution is 5.99. The molecule has 4 aromatic rings. The van der Waals surface area contributed by atoms with Gasteiger partial charge in [-0.2, -0.15) is 10.1 Å². The molecule has 0 aliphatic carbocycles. The molecule has 3 aromatic heterocycles. The number of hydrogen-bond acceptors (Lipinski definition) is 11. The van der Waals surface area contributed by atoms with Crippen LogP contribution in [-0.2, 0) is 25.5 Å². The molecule has 0 fully saturated rings. The highest BCUT2D eigenvalue weighted by Gasteiger charge is 2.18. The molecule has 0 saturated heterocycles. The molecule has 37 heavy (non-hydrogen) atoms. The summed E-state index contributed by atoms with van der Waals surface area (Å²) in [5.41, 5.74) is 15.2. The number of fused-ring (bicyclic) bond motifs is 2. The maximum Gasteiger partial charge on any atom is 0.292 e. The minimum Gasteiger partial charge on any atom is -0.424 e. The van der Waals surface area contributed by atoms with E-state index in [2.05, 4.69) is 20.3 Å². The molecule has 0 saturated carbocycles. The van der Waals surface area contributed by atoms with Crippen LogP contribution in [0, 0.1) is 0 Å². The highest BCUT2D eigenvalue weighted by Crippen LogP contribution is 2.32. The first kappa shape index (κ1) is 26.3. The highest BCUT2D eigenvalue weighted by atomic mass is 16.5. The maximum atomic E-state index is 12.0. The van der Waals surface area contributed by atoms with Gasteiger partial charge in [0.15, 0.2) is 11.2 Å². The van der Waals surface area contributed by atoms with Crippen molar-refractivity contribution in [3.63, 3.8) is 0 Å². The number of methoxy groups -OCH3 is 1. The van der Waals surface area contributed by atoms with Crippen molar-refractivity contribution in [2.45, 2.75) is 25.8 Å². The Hall–Kier alpha value is -3.81. The summed E-state index contributed by atoms with van der Waals surface area (Å²) in [7, 11) is 1.62. The van der Waals surface area contributed by atoms with Gasteiger partial charge in [-0.25, -0.2) is 14.6 Å². The van der Waals surface area contributed by atoms with Crippen LogP contribution in [0.15, 0.2) is 28.9 Å². The molecular weight excluding hydrogens is 480 g/mol. The third kappa shape index (κ3) is 6.90. The lowest BCUT2D eigenvalue weighted by Crippen LogP contribution is -2.26. The average molecular weight is 513 g/mol. The van der Waals surface area contributed by atoms with E-state index in [0.717, 1.165) is 18.4 Å². The summed E-state index contributed by atoms with van der Waals surface area (Å²) in [5.74, 6) is 0.304. The SMILES string of the molecule is COCCOCCOCCC(=O)NCCCCn1nc(-c2ccc3oc(N)nc3c2)c2c(N)ncnc21. The van der Waals surface area contributed by atoms with Crippen LogP contribution < -0.4 is 16.8 Å². The minimum atomic E-state index is -0.0449. The molecule has 0 aliphatic heterocycles. The first-order valence-corrected chi connectivity index (χ1v) is 12.1. The smallest absolute Gasteiger partial charge is 0.292 e. The molecular formula is C24H32N8O5. The number of benzene rings is 1. The van der Waals surface area contributed by atoms with E-state index in [1.165, 1.54) is 6.33 Å². The van der Waals surface area contributed by atoms with E-state index < -0.39 is 0 Å². The van der Waals surface area contributed by atoms with Gasteiger partial charge in [0.05, 0.1) is 38.4 Å². The van der Waals surface area contributed by atoms with Crippen LogP contribution in [0.25, 0.3) is 33.4 Å².